The molecule has 184 valence electrons. The van der Waals surface area contributed by atoms with Crippen LogP contribution < -0.4 is 19.7 Å². The van der Waals surface area contributed by atoms with Crippen molar-refractivity contribution in [2.75, 3.05) is 44.5 Å². The highest BCUT2D eigenvalue weighted by Gasteiger charge is 2.11. The number of methoxy groups -OCH3 is 2. The third kappa shape index (κ3) is 6.88. The molecule has 2 heterocycles. The van der Waals surface area contributed by atoms with Gasteiger partial charge in [0.05, 0.1) is 25.7 Å². The number of hydrogen-bond acceptors (Lipinski definition) is 7. The molecule has 3 aromatic rings. The highest BCUT2D eigenvalue weighted by atomic mass is 32.2. The predicted octanol–water partition coefficient (Wildman–Crippen LogP) is 4.60. The summed E-state index contributed by atoms with van der Waals surface area (Å²) in [6.45, 7) is 2.82. The van der Waals surface area contributed by atoms with E-state index in [1.54, 1.807) is 14.2 Å². The first kappa shape index (κ1) is 24.9. The highest BCUT2D eigenvalue weighted by Crippen LogP contribution is 2.28. The van der Waals surface area contributed by atoms with Gasteiger partial charge in [-0.15, -0.1) is 10.2 Å². The molecule has 1 aliphatic heterocycles. The molecule has 0 radical (unpaired) electrons. The lowest BCUT2D eigenvalue weighted by molar-refractivity contribution is -0.118. The van der Waals surface area contributed by atoms with Crippen LogP contribution in [0, 0.1) is 0 Å². The lowest BCUT2D eigenvalue weighted by Gasteiger charge is -2.28. The first-order chi connectivity index (χ1) is 17.2. The largest absolute Gasteiger partial charge is 0.493 e. The maximum Gasteiger partial charge on any atom is 0.230 e. The monoisotopic (exact) mass is 492 g/mol. The zero-order valence-corrected chi connectivity index (χ0v) is 21.1. The number of thioether (sulfide) groups is 1. The molecule has 0 atom stereocenters. The molecule has 1 N–H and O–H groups in total. The molecule has 1 amide bonds. The van der Waals surface area contributed by atoms with Crippen molar-refractivity contribution in [2.24, 2.45) is 0 Å². The van der Waals surface area contributed by atoms with Gasteiger partial charge in [-0.3, -0.25) is 4.79 Å². The number of nitrogens with zero attached hydrogens (tertiary/aromatic N) is 3. The fourth-order valence-electron chi connectivity index (χ4n) is 4.12. The van der Waals surface area contributed by atoms with Crippen LogP contribution in [0.1, 0.15) is 24.8 Å². The number of carbonyl (C=O) groups is 1. The van der Waals surface area contributed by atoms with Gasteiger partial charge >= 0.3 is 0 Å². The number of ether oxygens (including phenoxy) is 2. The summed E-state index contributed by atoms with van der Waals surface area (Å²) in [4.78, 5) is 14.7. The summed E-state index contributed by atoms with van der Waals surface area (Å²) >= 11 is 1.38. The highest BCUT2D eigenvalue weighted by molar-refractivity contribution is 7.99. The Bertz CT molecular complexity index is 1100. The van der Waals surface area contributed by atoms with E-state index in [-0.39, 0.29) is 5.91 Å². The van der Waals surface area contributed by atoms with Crippen LogP contribution in [0.25, 0.3) is 11.3 Å². The Hall–Kier alpha value is -3.26. The molecule has 1 aromatic heterocycles. The molecule has 4 rings (SSSR count). The summed E-state index contributed by atoms with van der Waals surface area (Å²) in [5, 5.41) is 12.3. The molecule has 0 unspecified atom stereocenters. The molecule has 0 aliphatic carbocycles. The Balaban J connectivity index is 1.22. The van der Waals surface area contributed by atoms with Gasteiger partial charge in [0.2, 0.25) is 5.91 Å². The standard InChI is InChI=1S/C27H32N4O3S/c1-33-24-12-6-20(18-25(24)34-2)14-15-28-26(32)19-35-27-13-11-23(29-30-27)21-7-9-22(10-8-21)31-16-4-3-5-17-31/h6-13,18H,3-5,14-17,19H2,1-2H3,(H,28,32). The molecule has 7 nitrogen and oxygen atoms in total. The van der Waals surface area contributed by atoms with Crippen LogP contribution >= 0.6 is 11.8 Å². The van der Waals surface area contributed by atoms with Crippen LogP contribution in [0.15, 0.2) is 59.6 Å². The number of anilines is 1. The van der Waals surface area contributed by atoms with Crippen LogP contribution in [0.3, 0.4) is 0 Å². The number of benzene rings is 2. The average molecular weight is 493 g/mol. The lowest BCUT2D eigenvalue weighted by atomic mass is 10.1. The Labute approximate surface area is 211 Å². The zero-order valence-electron chi connectivity index (χ0n) is 20.3. The van der Waals surface area contributed by atoms with E-state index < -0.39 is 0 Å². The number of hydrogen-bond donors (Lipinski definition) is 1. The summed E-state index contributed by atoms with van der Waals surface area (Å²) in [5.74, 6) is 1.64. The van der Waals surface area contributed by atoms with E-state index >= 15 is 0 Å². The molecular weight excluding hydrogens is 460 g/mol. The maximum atomic E-state index is 12.3. The van der Waals surface area contributed by atoms with Crippen LogP contribution in [0.2, 0.25) is 0 Å². The van der Waals surface area contributed by atoms with Gasteiger partial charge in [0.1, 0.15) is 5.03 Å². The average Bonchev–Trinajstić information content (AvgIpc) is 2.92. The summed E-state index contributed by atoms with van der Waals surface area (Å²) in [5.41, 5.74) is 4.22. The number of piperidine rings is 1. The zero-order chi connectivity index (χ0) is 24.5. The molecule has 35 heavy (non-hydrogen) atoms. The van der Waals surface area contributed by atoms with Crippen molar-refractivity contribution in [1.29, 1.82) is 0 Å². The quantitative estimate of drug-likeness (QED) is 0.415. The summed E-state index contributed by atoms with van der Waals surface area (Å²) in [6, 6.07) is 18.2. The number of nitrogens with one attached hydrogen (secondary N) is 1. The van der Waals surface area contributed by atoms with Crippen molar-refractivity contribution in [2.45, 2.75) is 30.7 Å². The second kappa shape index (κ2) is 12.4. The SMILES string of the molecule is COc1ccc(CCNC(=O)CSc2ccc(-c3ccc(N4CCCCC4)cc3)nn2)cc1OC. The molecule has 8 heteroatoms. The van der Waals surface area contributed by atoms with Crippen molar-refractivity contribution in [3.05, 3.63) is 60.2 Å². The number of aromatic nitrogens is 2. The Morgan fingerprint density at radius 2 is 1.71 bits per heavy atom. The number of rotatable bonds is 10. The van der Waals surface area contributed by atoms with Gasteiger partial charge in [-0.25, -0.2) is 0 Å². The predicted molar refractivity (Wildman–Crippen MR) is 141 cm³/mol. The summed E-state index contributed by atoms with van der Waals surface area (Å²) in [7, 11) is 3.23. The minimum absolute atomic E-state index is 0.0327. The summed E-state index contributed by atoms with van der Waals surface area (Å²) in [6.07, 6.45) is 4.57. The fourth-order valence-corrected chi connectivity index (χ4v) is 4.76. The van der Waals surface area contributed by atoms with Crippen LogP contribution in [-0.2, 0) is 11.2 Å². The molecule has 0 bridgehead atoms. The molecule has 1 fully saturated rings. The second-order valence-corrected chi connectivity index (χ2v) is 9.42. The third-order valence-corrected chi connectivity index (χ3v) is 6.98. The lowest BCUT2D eigenvalue weighted by Crippen LogP contribution is -2.29. The minimum atomic E-state index is -0.0327. The van der Waals surface area contributed by atoms with Crippen LogP contribution in [-0.4, -0.2) is 55.7 Å². The molecule has 1 saturated heterocycles. The topological polar surface area (TPSA) is 76.6 Å². The van der Waals surface area contributed by atoms with Crippen molar-refractivity contribution < 1.29 is 14.3 Å². The number of carbonyl (C=O) groups excluding carboxylic acids is 1. The number of amides is 1. The van der Waals surface area contributed by atoms with Gasteiger partial charge in [-0.2, -0.15) is 0 Å². The fraction of sp³-hybridized carbons (Fsp3) is 0.370. The smallest absolute Gasteiger partial charge is 0.230 e. The Morgan fingerprint density at radius 3 is 2.40 bits per heavy atom. The van der Waals surface area contributed by atoms with E-state index in [0.29, 0.717) is 30.2 Å². The van der Waals surface area contributed by atoms with Gasteiger partial charge in [0, 0.05) is 30.9 Å². The first-order valence-corrected chi connectivity index (χ1v) is 12.9. The van der Waals surface area contributed by atoms with Crippen LogP contribution in [0.5, 0.6) is 11.5 Å². The van der Waals surface area contributed by atoms with E-state index in [4.69, 9.17) is 9.47 Å². The van der Waals surface area contributed by atoms with E-state index in [1.165, 1.54) is 36.7 Å². The van der Waals surface area contributed by atoms with Crippen molar-refractivity contribution in [1.82, 2.24) is 15.5 Å². The van der Waals surface area contributed by atoms with E-state index in [1.807, 2.05) is 30.3 Å². The normalized spacial score (nSPS) is 13.4. The van der Waals surface area contributed by atoms with Gasteiger partial charge in [0.25, 0.3) is 0 Å². The maximum absolute atomic E-state index is 12.3. The van der Waals surface area contributed by atoms with Gasteiger partial charge in [-0.1, -0.05) is 30.0 Å². The first-order valence-electron chi connectivity index (χ1n) is 12.0. The Kier molecular flexibility index (Phi) is 8.84. The molecule has 2 aromatic carbocycles. The van der Waals surface area contributed by atoms with Crippen molar-refractivity contribution >= 4 is 23.4 Å². The van der Waals surface area contributed by atoms with Crippen LogP contribution in [0.4, 0.5) is 5.69 Å². The van der Waals surface area contributed by atoms with E-state index in [9.17, 15) is 4.79 Å². The third-order valence-electron chi connectivity index (χ3n) is 6.06. The van der Waals surface area contributed by atoms with Crippen molar-refractivity contribution in [3.63, 3.8) is 0 Å². The summed E-state index contributed by atoms with van der Waals surface area (Å²) < 4.78 is 10.6. The Morgan fingerprint density at radius 1 is 0.943 bits per heavy atom. The van der Waals surface area contributed by atoms with Gasteiger partial charge < -0.3 is 19.7 Å². The van der Waals surface area contributed by atoms with E-state index in [0.717, 1.165) is 34.9 Å². The van der Waals surface area contributed by atoms with E-state index in [2.05, 4.69) is 44.7 Å². The minimum Gasteiger partial charge on any atom is -0.493 e. The molecule has 0 saturated carbocycles. The van der Waals surface area contributed by atoms with Crippen molar-refractivity contribution in [3.8, 4) is 22.8 Å². The van der Waals surface area contributed by atoms with Gasteiger partial charge in [0.15, 0.2) is 11.5 Å². The molecular formula is C27H32N4O3S. The second-order valence-electron chi connectivity index (χ2n) is 8.43. The van der Waals surface area contributed by atoms with Gasteiger partial charge in [-0.05, 0) is 67.6 Å². The molecule has 1 aliphatic rings. The molecule has 0 spiro atoms.